The van der Waals surface area contributed by atoms with Crippen LogP contribution in [-0.2, 0) is 11.3 Å². The monoisotopic (exact) mass is 212 g/mol. The van der Waals surface area contributed by atoms with Gasteiger partial charge in [-0.2, -0.15) is 0 Å². The standard InChI is InChI=1S/C10H13ClN2O/c1-8(14)13(2)12-7-9-5-3-4-6-10(9)11/h3-6,12H,7H2,1-2H3. The topological polar surface area (TPSA) is 32.3 Å². The fraction of sp³-hybridized carbons (Fsp3) is 0.300. The fourth-order valence-corrected chi connectivity index (χ4v) is 1.16. The number of nitrogens with one attached hydrogen (secondary N) is 1. The summed E-state index contributed by atoms with van der Waals surface area (Å²) in [6.07, 6.45) is 0. The minimum absolute atomic E-state index is 0.0305. The molecule has 0 spiro atoms. The Balaban J connectivity index is 2.54. The quantitative estimate of drug-likeness (QED) is 0.776. The van der Waals surface area contributed by atoms with Gasteiger partial charge >= 0.3 is 0 Å². The van der Waals surface area contributed by atoms with Gasteiger partial charge < -0.3 is 0 Å². The smallest absolute Gasteiger partial charge is 0.233 e. The van der Waals surface area contributed by atoms with E-state index < -0.39 is 0 Å². The van der Waals surface area contributed by atoms with E-state index in [0.717, 1.165) is 5.56 Å². The van der Waals surface area contributed by atoms with E-state index in [-0.39, 0.29) is 5.91 Å². The number of rotatable bonds is 3. The molecule has 4 heteroatoms. The first-order valence-electron chi connectivity index (χ1n) is 4.32. The Morgan fingerprint density at radius 3 is 2.71 bits per heavy atom. The average Bonchev–Trinajstić information content (AvgIpc) is 2.16. The summed E-state index contributed by atoms with van der Waals surface area (Å²) in [4.78, 5) is 10.9. The number of carbonyl (C=O) groups is 1. The normalized spacial score (nSPS) is 9.93. The molecule has 0 fully saturated rings. The van der Waals surface area contributed by atoms with Gasteiger partial charge in [-0.3, -0.25) is 9.80 Å². The van der Waals surface area contributed by atoms with Crippen molar-refractivity contribution in [1.29, 1.82) is 0 Å². The van der Waals surface area contributed by atoms with Gasteiger partial charge in [0.15, 0.2) is 0 Å². The van der Waals surface area contributed by atoms with Crippen molar-refractivity contribution in [3.63, 3.8) is 0 Å². The number of benzene rings is 1. The molecule has 0 saturated heterocycles. The van der Waals surface area contributed by atoms with Crippen molar-refractivity contribution in [2.45, 2.75) is 13.5 Å². The van der Waals surface area contributed by atoms with E-state index in [4.69, 9.17) is 11.6 Å². The van der Waals surface area contributed by atoms with Crippen LogP contribution in [0.4, 0.5) is 0 Å². The number of hydrogen-bond acceptors (Lipinski definition) is 2. The van der Waals surface area contributed by atoms with E-state index in [1.54, 1.807) is 7.05 Å². The van der Waals surface area contributed by atoms with Gasteiger partial charge in [-0.25, -0.2) is 5.43 Å². The average molecular weight is 213 g/mol. The number of amides is 1. The highest BCUT2D eigenvalue weighted by Crippen LogP contribution is 2.14. The zero-order valence-corrected chi connectivity index (χ0v) is 9.01. The minimum atomic E-state index is -0.0305. The van der Waals surface area contributed by atoms with Crippen molar-refractivity contribution in [1.82, 2.24) is 10.4 Å². The Labute approximate surface area is 88.6 Å². The molecule has 3 nitrogen and oxygen atoms in total. The van der Waals surface area contributed by atoms with Crippen molar-refractivity contribution in [3.05, 3.63) is 34.9 Å². The van der Waals surface area contributed by atoms with Crippen LogP contribution in [0.15, 0.2) is 24.3 Å². The molecule has 0 bridgehead atoms. The molecule has 0 atom stereocenters. The molecule has 1 aromatic carbocycles. The van der Waals surface area contributed by atoms with Gasteiger partial charge in [0.25, 0.3) is 0 Å². The minimum Gasteiger partial charge on any atom is -0.281 e. The van der Waals surface area contributed by atoms with E-state index in [0.29, 0.717) is 11.6 Å². The molecule has 0 aliphatic carbocycles. The summed E-state index contributed by atoms with van der Waals surface area (Å²) >= 11 is 5.94. The summed E-state index contributed by atoms with van der Waals surface area (Å²) in [6.45, 7) is 2.05. The number of hydrazine groups is 1. The van der Waals surface area contributed by atoms with Gasteiger partial charge in [0.05, 0.1) is 0 Å². The maximum atomic E-state index is 10.9. The first-order valence-corrected chi connectivity index (χ1v) is 4.70. The number of nitrogens with zero attached hydrogens (tertiary/aromatic N) is 1. The van der Waals surface area contributed by atoms with Crippen LogP contribution < -0.4 is 5.43 Å². The second-order valence-corrected chi connectivity index (χ2v) is 3.41. The van der Waals surface area contributed by atoms with Crippen LogP contribution in [-0.4, -0.2) is 18.0 Å². The van der Waals surface area contributed by atoms with Crippen LogP contribution in [0, 0.1) is 0 Å². The van der Waals surface area contributed by atoms with E-state index in [1.165, 1.54) is 11.9 Å². The van der Waals surface area contributed by atoms with Crippen LogP contribution in [0.2, 0.25) is 5.02 Å². The summed E-state index contributed by atoms with van der Waals surface area (Å²) in [5, 5.41) is 2.14. The molecule has 1 rings (SSSR count). The summed E-state index contributed by atoms with van der Waals surface area (Å²) < 4.78 is 0. The Morgan fingerprint density at radius 2 is 2.14 bits per heavy atom. The van der Waals surface area contributed by atoms with E-state index in [2.05, 4.69) is 5.43 Å². The molecule has 1 N–H and O–H groups in total. The Morgan fingerprint density at radius 1 is 1.50 bits per heavy atom. The molecule has 0 aliphatic rings. The first-order chi connectivity index (χ1) is 6.61. The third-order valence-corrected chi connectivity index (χ3v) is 2.31. The largest absolute Gasteiger partial charge is 0.281 e. The molecule has 0 radical (unpaired) electrons. The van der Waals surface area contributed by atoms with Crippen molar-refractivity contribution in [2.24, 2.45) is 0 Å². The molecule has 1 aromatic rings. The lowest BCUT2D eigenvalue weighted by Gasteiger charge is -2.16. The Kier molecular flexibility index (Phi) is 3.92. The molecular formula is C10H13ClN2O. The summed E-state index contributed by atoms with van der Waals surface area (Å²) in [5.74, 6) is -0.0305. The SMILES string of the molecule is CC(=O)N(C)NCc1ccccc1Cl. The maximum absolute atomic E-state index is 10.9. The molecule has 0 saturated carbocycles. The van der Waals surface area contributed by atoms with Gasteiger partial charge in [-0.05, 0) is 11.6 Å². The molecular weight excluding hydrogens is 200 g/mol. The van der Waals surface area contributed by atoms with Crippen LogP contribution in [0.25, 0.3) is 0 Å². The molecule has 0 unspecified atom stereocenters. The van der Waals surface area contributed by atoms with E-state index in [1.807, 2.05) is 24.3 Å². The first kappa shape index (κ1) is 11.0. The highest BCUT2D eigenvalue weighted by Gasteiger charge is 2.02. The van der Waals surface area contributed by atoms with E-state index >= 15 is 0 Å². The predicted octanol–water partition coefficient (Wildman–Crippen LogP) is 1.82. The van der Waals surface area contributed by atoms with E-state index in [9.17, 15) is 4.79 Å². The Bertz CT molecular complexity index is 328. The molecule has 0 heterocycles. The number of carbonyl (C=O) groups excluding carboxylic acids is 1. The molecule has 14 heavy (non-hydrogen) atoms. The summed E-state index contributed by atoms with van der Waals surface area (Å²) in [6, 6.07) is 7.53. The third-order valence-electron chi connectivity index (χ3n) is 1.94. The van der Waals surface area contributed by atoms with Crippen molar-refractivity contribution in [2.75, 3.05) is 7.05 Å². The zero-order valence-electron chi connectivity index (χ0n) is 8.25. The van der Waals surface area contributed by atoms with Crippen LogP contribution >= 0.6 is 11.6 Å². The van der Waals surface area contributed by atoms with Crippen LogP contribution in [0.1, 0.15) is 12.5 Å². The predicted molar refractivity (Wildman–Crippen MR) is 56.7 cm³/mol. The number of halogens is 1. The summed E-state index contributed by atoms with van der Waals surface area (Å²) in [7, 11) is 1.68. The molecule has 0 aromatic heterocycles. The lowest BCUT2D eigenvalue weighted by Crippen LogP contribution is -2.37. The second-order valence-electron chi connectivity index (χ2n) is 3.00. The fourth-order valence-electron chi connectivity index (χ4n) is 0.957. The molecule has 1 amide bonds. The zero-order chi connectivity index (χ0) is 10.6. The van der Waals surface area contributed by atoms with Gasteiger partial charge in [0, 0.05) is 25.5 Å². The van der Waals surface area contributed by atoms with Crippen molar-refractivity contribution in [3.8, 4) is 0 Å². The molecule has 76 valence electrons. The van der Waals surface area contributed by atoms with Gasteiger partial charge in [-0.1, -0.05) is 29.8 Å². The van der Waals surface area contributed by atoms with Gasteiger partial charge in [0.1, 0.15) is 0 Å². The highest BCUT2D eigenvalue weighted by atomic mass is 35.5. The summed E-state index contributed by atoms with van der Waals surface area (Å²) in [5.41, 5.74) is 3.91. The lowest BCUT2D eigenvalue weighted by atomic mass is 10.2. The molecule has 0 aliphatic heterocycles. The Hall–Kier alpha value is -1.06. The van der Waals surface area contributed by atoms with Gasteiger partial charge in [0.2, 0.25) is 5.91 Å². The van der Waals surface area contributed by atoms with Crippen molar-refractivity contribution < 1.29 is 4.79 Å². The lowest BCUT2D eigenvalue weighted by molar-refractivity contribution is -0.130. The van der Waals surface area contributed by atoms with Gasteiger partial charge in [-0.15, -0.1) is 0 Å². The third kappa shape index (κ3) is 3.01. The van der Waals surface area contributed by atoms with Crippen LogP contribution in [0.3, 0.4) is 0 Å². The van der Waals surface area contributed by atoms with Crippen LogP contribution in [0.5, 0.6) is 0 Å². The highest BCUT2D eigenvalue weighted by molar-refractivity contribution is 6.31. The van der Waals surface area contributed by atoms with Crippen molar-refractivity contribution >= 4 is 17.5 Å². The maximum Gasteiger partial charge on any atom is 0.233 e. The number of hydrogen-bond donors (Lipinski definition) is 1. The second kappa shape index (κ2) is 4.98.